The van der Waals surface area contributed by atoms with Crippen molar-refractivity contribution in [3.8, 4) is 5.75 Å². The van der Waals surface area contributed by atoms with Crippen molar-refractivity contribution in [2.75, 3.05) is 10.2 Å². The van der Waals surface area contributed by atoms with Crippen LogP contribution in [0.3, 0.4) is 0 Å². The lowest BCUT2D eigenvalue weighted by Crippen LogP contribution is -2.45. The van der Waals surface area contributed by atoms with Crippen molar-refractivity contribution in [3.63, 3.8) is 0 Å². The number of nitrogens with one attached hydrogen (secondary N) is 1. The number of fused-ring (bicyclic) bond motifs is 1. The van der Waals surface area contributed by atoms with Crippen molar-refractivity contribution in [1.82, 2.24) is 4.98 Å². The standard InChI is InChI=1S/C17H17BrFN3O3/c1-17(2,3)22(16(23)24)9-4-5-13-12(6-9)21-15(25-13)10-7-14(18)20-8-11(10)19/h4-8,15,21H,1-3H3,(H,23,24). The van der Waals surface area contributed by atoms with Gasteiger partial charge in [0.25, 0.3) is 0 Å². The molecule has 2 aromatic rings. The fourth-order valence-electron chi connectivity index (χ4n) is 2.72. The predicted molar refractivity (Wildman–Crippen MR) is 95.6 cm³/mol. The second kappa shape index (κ2) is 6.18. The van der Waals surface area contributed by atoms with Gasteiger partial charge in [0.1, 0.15) is 16.2 Å². The number of aromatic nitrogens is 1. The first kappa shape index (κ1) is 17.5. The summed E-state index contributed by atoms with van der Waals surface area (Å²) >= 11 is 3.21. The Balaban J connectivity index is 1.93. The van der Waals surface area contributed by atoms with Crippen LogP contribution in [0.1, 0.15) is 32.6 Å². The Morgan fingerprint density at radius 2 is 2.12 bits per heavy atom. The molecule has 6 nitrogen and oxygen atoms in total. The fourth-order valence-corrected chi connectivity index (χ4v) is 3.07. The molecule has 1 atom stereocenters. The number of carbonyl (C=O) groups is 1. The second-order valence-corrected chi connectivity index (χ2v) is 7.45. The molecule has 1 aliphatic heterocycles. The maximum absolute atomic E-state index is 14.0. The molecule has 1 aliphatic rings. The minimum atomic E-state index is -1.05. The van der Waals surface area contributed by atoms with Gasteiger partial charge in [0.15, 0.2) is 6.23 Å². The van der Waals surface area contributed by atoms with Crippen LogP contribution < -0.4 is 15.0 Å². The van der Waals surface area contributed by atoms with E-state index in [1.165, 1.54) is 4.90 Å². The Labute approximate surface area is 152 Å². The maximum Gasteiger partial charge on any atom is 0.412 e. The highest BCUT2D eigenvalue weighted by Gasteiger charge is 2.31. The van der Waals surface area contributed by atoms with Crippen molar-refractivity contribution >= 4 is 33.4 Å². The monoisotopic (exact) mass is 409 g/mol. The normalized spacial score (nSPS) is 16.0. The van der Waals surface area contributed by atoms with E-state index in [1.807, 2.05) is 20.8 Å². The van der Waals surface area contributed by atoms with Gasteiger partial charge in [0.2, 0.25) is 0 Å². The summed E-state index contributed by atoms with van der Waals surface area (Å²) < 4.78 is 20.3. The molecular formula is C17H17BrFN3O3. The van der Waals surface area contributed by atoms with E-state index in [-0.39, 0.29) is 0 Å². The Hall–Kier alpha value is -2.35. The highest BCUT2D eigenvalue weighted by atomic mass is 79.9. The molecule has 0 saturated heterocycles. The quantitative estimate of drug-likeness (QED) is 0.698. The van der Waals surface area contributed by atoms with Crippen LogP contribution in [-0.4, -0.2) is 21.7 Å². The zero-order valence-electron chi connectivity index (χ0n) is 13.9. The van der Waals surface area contributed by atoms with Gasteiger partial charge in [-0.3, -0.25) is 4.90 Å². The number of benzene rings is 1. The summed E-state index contributed by atoms with van der Waals surface area (Å²) in [6.45, 7) is 5.43. The molecule has 8 heteroatoms. The molecule has 0 aliphatic carbocycles. The van der Waals surface area contributed by atoms with Gasteiger partial charge in [-0.1, -0.05) is 0 Å². The highest BCUT2D eigenvalue weighted by Crippen LogP contribution is 2.41. The zero-order chi connectivity index (χ0) is 18.4. The van der Waals surface area contributed by atoms with Crippen LogP contribution in [0.25, 0.3) is 0 Å². The summed E-state index contributed by atoms with van der Waals surface area (Å²) in [4.78, 5) is 16.7. The average molecular weight is 410 g/mol. The highest BCUT2D eigenvalue weighted by molar-refractivity contribution is 9.10. The molecule has 1 aromatic carbocycles. The SMILES string of the molecule is CC(C)(C)N(C(=O)O)c1ccc2c(c1)NC(c1cc(Br)ncc1F)O2. The van der Waals surface area contributed by atoms with Crippen LogP contribution in [0.15, 0.2) is 35.1 Å². The molecule has 25 heavy (non-hydrogen) atoms. The minimum Gasteiger partial charge on any atom is -0.465 e. The molecule has 0 spiro atoms. The van der Waals surface area contributed by atoms with Crippen molar-refractivity contribution in [2.24, 2.45) is 0 Å². The number of halogens is 2. The van der Waals surface area contributed by atoms with E-state index in [0.717, 1.165) is 6.20 Å². The Kier molecular flexibility index (Phi) is 4.32. The topological polar surface area (TPSA) is 74.7 Å². The Morgan fingerprint density at radius 1 is 1.40 bits per heavy atom. The molecule has 2 heterocycles. The summed E-state index contributed by atoms with van der Waals surface area (Å²) in [5.41, 5.74) is 0.809. The first-order valence-corrected chi connectivity index (χ1v) is 8.37. The van der Waals surface area contributed by atoms with Gasteiger partial charge in [-0.05, 0) is 61.0 Å². The lowest BCUT2D eigenvalue weighted by atomic mass is 10.1. The van der Waals surface area contributed by atoms with E-state index in [4.69, 9.17) is 4.74 Å². The van der Waals surface area contributed by atoms with Crippen molar-refractivity contribution in [1.29, 1.82) is 0 Å². The fraction of sp³-hybridized carbons (Fsp3) is 0.294. The van der Waals surface area contributed by atoms with Crippen LogP contribution in [0.5, 0.6) is 5.75 Å². The number of ether oxygens (including phenoxy) is 1. The van der Waals surface area contributed by atoms with Gasteiger partial charge in [-0.15, -0.1) is 0 Å². The molecule has 1 amide bonds. The summed E-state index contributed by atoms with van der Waals surface area (Å²) in [5.74, 6) is 0.0379. The molecule has 1 aromatic heterocycles. The Morgan fingerprint density at radius 3 is 2.76 bits per heavy atom. The molecule has 132 valence electrons. The summed E-state index contributed by atoms with van der Waals surface area (Å²) in [6, 6.07) is 6.57. The smallest absolute Gasteiger partial charge is 0.412 e. The van der Waals surface area contributed by atoms with E-state index < -0.39 is 23.7 Å². The summed E-state index contributed by atoms with van der Waals surface area (Å²) in [6.07, 6.45) is -0.644. The van der Waals surface area contributed by atoms with Crippen LogP contribution in [-0.2, 0) is 0 Å². The van der Waals surface area contributed by atoms with Gasteiger partial charge in [0, 0.05) is 11.2 Å². The largest absolute Gasteiger partial charge is 0.465 e. The third-order valence-corrected chi connectivity index (χ3v) is 4.18. The molecular weight excluding hydrogens is 393 g/mol. The van der Waals surface area contributed by atoms with Crippen molar-refractivity contribution in [3.05, 3.63) is 46.4 Å². The number of amides is 1. The second-order valence-electron chi connectivity index (χ2n) is 6.64. The predicted octanol–water partition coefficient (Wildman–Crippen LogP) is 4.77. The van der Waals surface area contributed by atoms with Gasteiger partial charge in [-0.25, -0.2) is 14.2 Å². The van der Waals surface area contributed by atoms with Gasteiger partial charge in [-0.2, -0.15) is 0 Å². The van der Waals surface area contributed by atoms with E-state index in [9.17, 15) is 14.3 Å². The molecule has 0 bridgehead atoms. The molecule has 2 N–H and O–H groups in total. The molecule has 1 unspecified atom stereocenters. The number of hydrogen-bond acceptors (Lipinski definition) is 4. The van der Waals surface area contributed by atoms with E-state index in [1.54, 1.807) is 24.3 Å². The lowest BCUT2D eigenvalue weighted by molar-refractivity contribution is 0.195. The number of pyridine rings is 1. The Bertz CT molecular complexity index is 838. The van der Waals surface area contributed by atoms with E-state index in [2.05, 4.69) is 26.2 Å². The van der Waals surface area contributed by atoms with E-state index >= 15 is 0 Å². The number of nitrogens with zero attached hydrogens (tertiary/aromatic N) is 2. The van der Waals surface area contributed by atoms with Crippen LogP contribution in [0.4, 0.5) is 20.6 Å². The number of anilines is 2. The first-order chi connectivity index (χ1) is 11.7. The lowest BCUT2D eigenvalue weighted by Gasteiger charge is -2.33. The van der Waals surface area contributed by atoms with Gasteiger partial charge >= 0.3 is 6.09 Å². The maximum atomic E-state index is 14.0. The van der Waals surface area contributed by atoms with Crippen molar-refractivity contribution in [2.45, 2.75) is 32.5 Å². The number of rotatable bonds is 2. The molecule has 3 rings (SSSR count). The first-order valence-electron chi connectivity index (χ1n) is 7.58. The van der Waals surface area contributed by atoms with Crippen LogP contribution >= 0.6 is 15.9 Å². The zero-order valence-corrected chi connectivity index (χ0v) is 15.5. The van der Waals surface area contributed by atoms with Gasteiger partial charge in [0.05, 0.1) is 17.4 Å². The van der Waals surface area contributed by atoms with Crippen molar-refractivity contribution < 1.29 is 19.0 Å². The molecule has 0 fully saturated rings. The number of carboxylic acid groups (broad SMARTS) is 1. The van der Waals surface area contributed by atoms with Gasteiger partial charge < -0.3 is 15.2 Å². The van der Waals surface area contributed by atoms with Crippen LogP contribution in [0, 0.1) is 5.82 Å². The minimum absolute atomic E-state index is 0.311. The van der Waals surface area contributed by atoms with Crippen LogP contribution in [0.2, 0.25) is 0 Å². The summed E-state index contributed by atoms with van der Waals surface area (Å²) in [7, 11) is 0. The number of hydrogen-bond donors (Lipinski definition) is 2. The van der Waals surface area contributed by atoms with E-state index in [0.29, 0.717) is 27.3 Å². The third kappa shape index (κ3) is 3.39. The average Bonchev–Trinajstić information content (AvgIpc) is 2.91. The summed E-state index contributed by atoms with van der Waals surface area (Å²) in [5, 5.41) is 12.6. The molecule has 0 saturated carbocycles. The molecule has 0 radical (unpaired) electrons. The third-order valence-electron chi connectivity index (χ3n) is 3.75.